The number of nitrogens with zero attached hydrogens (tertiary/aromatic N) is 1. The van der Waals surface area contributed by atoms with Crippen LogP contribution in [-0.4, -0.2) is 86.4 Å². The third kappa shape index (κ3) is 2.74. The molecule has 0 radical (unpaired) electrons. The number of fused-ring (bicyclic) bond motifs is 3. The summed E-state index contributed by atoms with van der Waals surface area (Å²) in [6.07, 6.45) is -1.58. The van der Waals surface area contributed by atoms with Gasteiger partial charge in [-0.2, -0.15) is 0 Å². The van der Waals surface area contributed by atoms with E-state index in [2.05, 4.69) is 0 Å². The largest absolute Gasteiger partial charge is 0.508 e. The SMILES string of the molecule is C[C@H]1c2cccc(O)c2C(O)=C2C(=O)[C@]3(O)C(O)=C(C(N)=O)C(=O)[C@@H]([N+](C)(C)C)C3C(O)C21. The lowest BCUT2D eigenvalue weighted by molar-refractivity contribution is -0.891. The molecule has 1 amide bonds. The number of ketones is 2. The Morgan fingerprint density at radius 2 is 1.73 bits per heavy atom. The molecule has 0 spiro atoms. The Balaban J connectivity index is 2.09. The maximum absolute atomic E-state index is 13.8. The molecule has 0 heterocycles. The van der Waals surface area contributed by atoms with E-state index in [0.717, 1.165) is 0 Å². The first kappa shape index (κ1) is 23.0. The number of benzene rings is 1. The van der Waals surface area contributed by atoms with E-state index in [0.29, 0.717) is 5.56 Å². The lowest BCUT2D eigenvalue weighted by atomic mass is 9.54. The molecular formula is C23H27N2O8+. The summed E-state index contributed by atoms with van der Waals surface area (Å²) in [7, 11) is 4.75. The van der Waals surface area contributed by atoms with Crippen LogP contribution < -0.4 is 5.73 Å². The van der Waals surface area contributed by atoms with Gasteiger partial charge in [0.05, 0.1) is 38.7 Å². The van der Waals surface area contributed by atoms with Crippen molar-refractivity contribution in [3.05, 3.63) is 46.2 Å². The molecule has 0 bridgehead atoms. The summed E-state index contributed by atoms with van der Waals surface area (Å²) in [6, 6.07) is 3.20. The number of carbonyl (C=O) groups excluding carboxylic acids is 3. The number of nitrogens with two attached hydrogens (primary N) is 1. The minimum atomic E-state index is -2.89. The first-order valence-corrected chi connectivity index (χ1v) is 10.5. The smallest absolute Gasteiger partial charge is 0.256 e. The molecule has 10 heteroatoms. The van der Waals surface area contributed by atoms with E-state index in [4.69, 9.17) is 5.73 Å². The van der Waals surface area contributed by atoms with Gasteiger partial charge in [-0.3, -0.25) is 14.4 Å². The van der Waals surface area contributed by atoms with Gasteiger partial charge in [-0.1, -0.05) is 19.1 Å². The molecule has 33 heavy (non-hydrogen) atoms. The Labute approximate surface area is 189 Å². The van der Waals surface area contributed by atoms with Crippen LogP contribution in [0.2, 0.25) is 0 Å². The quantitative estimate of drug-likeness (QED) is 0.256. The first-order chi connectivity index (χ1) is 15.2. The minimum absolute atomic E-state index is 0.0208. The van der Waals surface area contributed by atoms with Crippen molar-refractivity contribution >= 4 is 23.2 Å². The summed E-state index contributed by atoms with van der Waals surface area (Å²) in [5.41, 5.74) is 1.56. The summed E-state index contributed by atoms with van der Waals surface area (Å²) in [4.78, 5) is 39.1. The molecule has 7 N–H and O–H groups in total. The van der Waals surface area contributed by atoms with Crippen LogP contribution in [0.15, 0.2) is 35.1 Å². The number of aliphatic hydroxyl groups is 4. The first-order valence-electron chi connectivity index (χ1n) is 10.5. The van der Waals surface area contributed by atoms with Crippen LogP contribution in [0, 0.1) is 11.8 Å². The van der Waals surface area contributed by atoms with E-state index in [9.17, 15) is 39.9 Å². The third-order valence-corrected chi connectivity index (χ3v) is 7.27. The van der Waals surface area contributed by atoms with Crippen molar-refractivity contribution < 1.29 is 44.4 Å². The highest BCUT2D eigenvalue weighted by atomic mass is 16.4. The van der Waals surface area contributed by atoms with Gasteiger partial charge in [-0.05, 0) is 17.5 Å². The average molecular weight is 459 g/mol. The number of carbonyl (C=O) groups is 3. The number of aromatic hydroxyl groups is 1. The summed E-state index contributed by atoms with van der Waals surface area (Å²) >= 11 is 0. The van der Waals surface area contributed by atoms with Crippen LogP contribution in [0.1, 0.15) is 24.0 Å². The standard InChI is InChI=1S/C23H26N2O8/c1-8-9-6-5-7-10(26)12(9)17(27)13-11(8)18(28)15-16(25(2,3)4)19(29)14(22(24)32)21(31)23(15,33)20(13)30/h5-8,11,15-16,18,28,33H,1-4H3,(H4-,24,26,27,29,30,31,32)/p+1/t8-,11?,15?,16-,18?,23-/m0/s1. The summed E-state index contributed by atoms with van der Waals surface area (Å²) in [6.45, 7) is 1.69. The average Bonchev–Trinajstić information content (AvgIpc) is 2.69. The van der Waals surface area contributed by atoms with Gasteiger partial charge in [0.15, 0.2) is 11.6 Å². The predicted octanol–water partition coefficient (Wildman–Crippen LogP) is -0.360. The molecule has 176 valence electrons. The van der Waals surface area contributed by atoms with Gasteiger partial charge >= 0.3 is 0 Å². The second-order valence-corrected chi connectivity index (χ2v) is 9.94. The number of hydrogen-bond acceptors (Lipinski definition) is 8. The molecule has 1 aromatic rings. The maximum atomic E-state index is 13.8. The molecule has 10 nitrogen and oxygen atoms in total. The number of phenolic OH excluding ortho intramolecular Hbond substituents is 1. The number of amides is 1. The predicted molar refractivity (Wildman–Crippen MR) is 115 cm³/mol. The normalized spacial score (nSPS) is 34.1. The van der Waals surface area contributed by atoms with E-state index in [1.807, 2.05) is 0 Å². The number of Topliss-reactive ketones (excluding diaryl/α,β-unsaturated/α-hetero) is 2. The van der Waals surface area contributed by atoms with Gasteiger partial charge in [-0.25, -0.2) is 0 Å². The second kappa shape index (κ2) is 6.89. The number of aliphatic hydroxyl groups excluding tert-OH is 3. The molecular weight excluding hydrogens is 432 g/mol. The summed E-state index contributed by atoms with van der Waals surface area (Å²) < 4.78 is -0.191. The van der Waals surface area contributed by atoms with Crippen molar-refractivity contribution in [2.45, 2.75) is 30.6 Å². The van der Waals surface area contributed by atoms with Gasteiger partial charge in [-0.15, -0.1) is 0 Å². The van der Waals surface area contributed by atoms with Crippen molar-refractivity contribution in [2.75, 3.05) is 21.1 Å². The Hall–Kier alpha value is -3.21. The summed E-state index contributed by atoms with van der Waals surface area (Å²) in [5.74, 6) is -8.78. The van der Waals surface area contributed by atoms with Crippen LogP contribution >= 0.6 is 0 Å². The van der Waals surface area contributed by atoms with Crippen LogP contribution in [0.25, 0.3) is 5.76 Å². The molecule has 3 aliphatic carbocycles. The number of phenols is 1. The maximum Gasteiger partial charge on any atom is 0.256 e. The van der Waals surface area contributed by atoms with E-state index >= 15 is 0 Å². The summed E-state index contributed by atoms with van der Waals surface area (Å²) in [5, 5.41) is 55.3. The number of likely N-dealkylation sites (N-methyl/N-ethyl adjacent to an activating group) is 1. The molecule has 1 saturated carbocycles. The van der Waals surface area contributed by atoms with Crippen LogP contribution in [0.3, 0.4) is 0 Å². The fourth-order valence-electron chi connectivity index (χ4n) is 5.85. The highest BCUT2D eigenvalue weighted by Crippen LogP contribution is 2.56. The van der Waals surface area contributed by atoms with Crippen molar-refractivity contribution in [2.24, 2.45) is 17.6 Å². The number of hydrogen-bond donors (Lipinski definition) is 6. The Kier molecular flexibility index (Phi) is 4.80. The lowest BCUT2D eigenvalue weighted by Crippen LogP contribution is -2.73. The topological polar surface area (TPSA) is 178 Å². The Bertz CT molecular complexity index is 1180. The zero-order valence-corrected chi connectivity index (χ0v) is 18.6. The highest BCUT2D eigenvalue weighted by Gasteiger charge is 2.70. The van der Waals surface area contributed by atoms with Crippen molar-refractivity contribution in [3.63, 3.8) is 0 Å². The van der Waals surface area contributed by atoms with Crippen molar-refractivity contribution in [3.8, 4) is 5.75 Å². The lowest BCUT2D eigenvalue weighted by Gasteiger charge is -2.54. The fourth-order valence-corrected chi connectivity index (χ4v) is 5.85. The second-order valence-electron chi connectivity index (χ2n) is 9.94. The van der Waals surface area contributed by atoms with E-state index in [-0.39, 0.29) is 15.8 Å². The van der Waals surface area contributed by atoms with E-state index in [1.165, 1.54) is 6.07 Å². The number of rotatable bonds is 2. The molecule has 0 aromatic heterocycles. The molecule has 3 aliphatic rings. The molecule has 6 atom stereocenters. The minimum Gasteiger partial charge on any atom is -0.508 e. The van der Waals surface area contributed by atoms with Gasteiger partial charge in [0, 0.05) is 11.5 Å². The van der Waals surface area contributed by atoms with E-state index < -0.39 is 75.6 Å². The third-order valence-electron chi connectivity index (χ3n) is 7.27. The molecule has 0 aliphatic heterocycles. The number of primary amides is 1. The monoisotopic (exact) mass is 459 g/mol. The van der Waals surface area contributed by atoms with Gasteiger partial charge in [0.2, 0.25) is 11.6 Å². The van der Waals surface area contributed by atoms with E-state index in [1.54, 1.807) is 40.2 Å². The highest BCUT2D eigenvalue weighted by molar-refractivity contribution is 6.24. The Morgan fingerprint density at radius 3 is 2.27 bits per heavy atom. The van der Waals surface area contributed by atoms with Gasteiger partial charge in [0.25, 0.3) is 5.91 Å². The van der Waals surface area contributed by atoms with Crippen LogP contribution in [-0.2, 0) is 14.4 Å². The zero-order valence-electron chi connectivity index (χ0n) is 18.6. The van der Waals surface area contributed by atoms with Crippen LogP contribution in [0.4, 0.5) is 0 Å². The molecule has 0 saturated heterocycles. The Morgan fingerprint density at radius 1 is 1.12 bits per heavy atom. The molecule has 1 aromatic carbocycles. The number of quaternary nitrogens is 1. The zero-order chi connectivity index (χ0) is 24.8. The van der Waals surface area contributed by atoms with Crippen LogP contribution in [0.5, 0.6) is 5.75 Å². The fraction of sp³-hybridized carbons (Fsp3) is 0.435. The molecule has 1 fully saturated rings. The van der Waals surface area contributed by atoms with Crippen molar-refractivity contribution in [1.82, 2.24) is 0 Å². The van der Waals surface area contributed by atoms with Gasteiger partial charge < -0.3 is 35.7 Å². The van der Waals surface area contributed by atoms with Crippen molar-refractivity contribution in [1.29, 1.82) is 0 Å². The van der Waals surface area contributed by atoms with Gasteiger partial charge in [0.1, 0.15) is 22.8 Å². The molecule has 3 unspecified atom stereocenters. The molecule has 4 rings (SSSR count).